The molecule has 0 fully saturated rings. The first kappa shape index (κ1) is 17.7. The van der Waals surface area contributed by atoms with E-state index in [-0.39, 0.29) is 11.9 Å². The molecule has 138 valence electrons. The van der Waals surface area contributed by atoms with Crippen molar-refractivity contribution in [1.82, 2.24) is 10.3 Å². The van der Waals surface area contributed by atoms with Crippen molar-refractivity contribution in [1.29, 1.82) is 0 Å². The number of ether oxygens (including phenoxy) is 1. The highest BCUT2D eigenvalue weighted by Gasteiger charge is 2.20. The summed E-state index contributed by atoms with van der Waals surface area (Å²) in [6.07, 6.45) is 1.67. The first-order chi connectivity index (χ1) is 13.8. The van der Waals surface area contributed by atoms with Crippen molar-refractivity contribution in [2.24, 2.45) is 0 Å². The second-order valence-electron chi connectivity index (χ2n) is 6.47. The van der Waals surface area contributed by atoms with Gasteiger partial charge in [0.2, 0.25) is 0 Å². The van der Waals surface area contributed by atoms with Crippen LogP contribution < -0.4 is 10.1 Å². The number of fused-ring (bicyclic) bond motifs is 1. The van der Waals surface area contributed by atoms with Gasteiger partial charge in [0, 0.05) is 11.6 Å². The molecule has 0 radical (unpaired) electrons. The van der Waals surface area contributed by atoms with Gasteiger partial charge in [0.05, 0.1) is 13.2 Å². The minimum Gasteiger partial charge on any atom is -0.497 e. The average molecular weight is 368 g/mol. The summed E-state index contributed by atoms with van der Waals surface area (Å²) in [5.41, 5.74) is 2.40. The van der Waals surface area contributed by atoms with Crippen LogP contribution in [-0.2, 0) is 0 Å². The normalized spacial score (nSPS) is 11.8. The molecular formula is C24H20N2O2. The number of benzene rings is 3. The van der Waals surface area contributed by atoms with Crippen LogP contribution in [0.15, 0.2) is 91.1 Å². The van der Waals surface area contributed by atoms with Gasteiger partial charge >= 0.3 is 0 Å². The van der Waals surface area contributed by atoms with E-state index >= 15 is 0 Å². The van der Waals surface area contributed by atoms with Crippen molar-refractivity contribution < 1.29 is 9.53 Å². The van der Waals surface area contributed by atoms with Gasteiger partial charge in [-0.25, -0.2) is 0 Å². The highest BCUT2D eigenvalue weighted by atomic mass is 16.5. The van der Waals surface area contributed by atoms with Gasteiger partial charge in [0.15, 0.2) is 0 Å². The number of aromatic nitrogens is 1. The van der Waals surface area contributed by atoms with Crippen molar-refractivity contribution in [3.05, 3.63) is 108 Å². The molecule has 0 aliphatic carbocycles. The number of methoxy groups -OCH3 is 1. The third-order valence-electron chi connectivity index (χ3n) is 4.75. The molecule has 4 aromatic rings. The highest BCUT2D eigenvalue weighted by Crippen LogP contribution is 2.25. The standard InChI is InChI=1S/C24H20N2O2/c1-28-20-13-11-19(12-14-20)22(18-8-3-2-4-9-18)26-24(27)23-21-10-6-5-7-17(21)15-16-25-23/h2-16,22H,1H3,(H,26,27)/t22-/m0/s1. The SMILES string of the molecule is COc1ccc([C@@H](NC(=O)c2nccc3ccccc23)c2ccccc2)cc1. The van der Waals surface area contributed by atoms with E-state index in [1.807, 2.05) is 84.9 Å². The quantitative estimate of drug-likeness (QED) is 0.552. The molecule has 0 saturated heterocycles. The Morgan fingerprint density at radius 2 is 1.54 bits per heavy atom. The molecule has 1 atom stereocenters. The van der Waals surface area contributed by atoms with E-state index in [9.17, 15) is 4.79 Å². The second-order valence-corrected chi connectivity index (χ2v) is 6.47. The Morgan fingerprint density at radius 3 is 2.29 bits per heavy atom. The van der Waals surface area contributed by atoms with E-state index < -0.39 is 0 Å². The number of rotatable bonds is 5. The Bertz CT molecular complexity index is 1090. The zero-order valence-corrected chi connectivity index (χ0v) is 15.5. The maximum absolute atomic E-state index is 13.1. The van der Waals surface area contributed by atoms with Crippen LogP contribution in [0.2, 0.25) is 0 Å². The summed E-state index contributed by atoms with van der Waals surface area (Å²) >= 11 is 0. The van der Waals surface area contributed by atoms with Crippen LogP contribution in [0, 0.1) is 0 Å². The van der Waals surface area contributed by atoms with Crippen LogP contribution in [0.4, 0.5) is 0 Å². The third-order valence-corrected chi connectivity index (χ3v) is 4.75. The molecule has 0 aliphatic heterocycles. The van der Waals surface area contributed by atoms with Gasteiger partial charge in [-0.15, -0.1) is 0 Å². The summed E-state index contributed by atoms with van der Waals surface area (Å²) < 4.78 is 5.26. The van der Waals surface area contributed by atoms with Gasteiger partial charge in [-0.3, -0.25) is 9.78 Å². The van der Waals surface area contributed by atoms with Gasteiger partial charge in [-0.2, -0.15) is 0 Å². The lowest BCUT2D eigenvalue weighted by Crippen LogP contribution is -2.30. The van der Waals surface area contributed by atoms with E-state index in [1.165, 1.54) is 0 Å². The van der Waals surface area contributed by atoms with Crippen LogP contribution in [0.1, 0.15) is 27.7 Å². The Labute approximate surface area is 163 Å². The maximum atomic E-state index is 13.1. The van der Waals surface area contributed by atoms with E-state index in [2.05, 4.69) is 10.3 Å². The summed E-state index contributed by atoms with van der Waals surface area (Å²) in [5, 5.41) is 4.98. The number of pyridine rings is 1. The minimum atomic E-state index is -0.291. The number of nitrogens with zero attached hydrogens (tertiary/aromatic N) is 1. The van der Waals surface area contributed by atoms with Crippen LogP contribution >= 0.6 is 0 Å². The average Bonchev–Trinajstić information content (AvgIpc) is 2.77. The lowest BCUT2D eigenvalue weighted by Gasteiger charge is -2.20. The molecular weight excluding hydrogens is 348 g/mol. The second kappa shape index (κ2) is 7.92. The van der Waals surface area contributed by atoms with E-state index in [0.29, 0.717) is 5.69 Å². The maximum Gasteiger partial charge on any atom is 0.271 e. The lowest BCUT2D eigenvalue weighted by molar-refractivity contribution is 0.0940. The number of nitrogens with one attached hydrogen (secondary N) is 1. The first-order valence-electron chi connectivity index (χ1n) is 9.10. The Kier molecular flexibility index (Phi) is 5.02. The van der Waals surface area contributed by atoms with Crippen molar-refractivity contribution >= 4 is 16.7 Å². The number of carbonyl (C=O) groups is 1. The fourth-order valence-corrected chi connectivity index (χ4v) is 3.30. The third kappa shape index (κ3) is 3.58. The first-order valence-corrected chi connectivity index (χ1v) is 9.10. The number of amides is 1. The van der Waals surface area contributed by atoms with Crippen LogP contribution in [0.3, 0.4) is 0 Å². The fourth-order valence-electron chi connectivity index (χ4n) is 3.30. The molecule has 0 saturated carbocycles. The van der Waals surface area contributed by atoms with Crippen molar-refractivity contribution in [3.8, 4) is 5.75 Å². The van der Waals surface area contributed by atoms with Crippen molar-refractivity contribution in [3.63, 3.8) is 0 Å². The molecule has 3 aromatic carbocycles. The zero-order chi connectivity index (χ0) is 19.3. The monoisotopic (exact) mass is 368 g/mol. The van der Waals surface area contributed by atoms with Gasteiger partial charge < -0.3 is 10.1 Å². The zero-order valence-electron chi connectivity index (χ0n) is 15.5. The molecule has 28 heavy (non-hydrogen) atoms. The van der Waals surface area contributed by atoms with E-state index in [1.54, 1.807) is 13.3 Å². The fraction of sp³-hybridized carbons (Fsp3) is 0.0833. The van der Waals surface area contributed by atoms with Crippen LogP contribution in [-0.4, -0.2) is 18.0 Å². The van der Waals surface area contributed by atoms with E-state index in [0.717, 1.165) is 27.6 Å². The predicted molar refractivity (Wildman–Crippen MR) is 110 cm³/mol. The van der Waals surface area contributed by atoms with Crippen LogP contribution in [0.25, 0.3) is 10.8 Å². The molecule has 4 heteroatoms. The van der Waals surface area contributed by atoms with Gasteiger partial charge in [-0.1, -0.05) is 66.7 Å². The molecule has 0 unspecified atom stereocenters. The molecule has 1 N–H and O–H groups in total. The minimum absolute atomic E-state index is 0.207. The summed E-state index contributed by atoms with van der Waals surface area (Å²) in [4.78, 5) is 17.5. The molecule has 1 amide bonds. The topological polar surface area (TPSA) is 51.2 Å². The van der Waals surface area contributed by atoms with Gasteiger partial charge in [0.1, 0.15) is 11.4 Å². The summed E-state index contributed by atoms with van der Waals surface area (Å²) in [7, 11) is 1.64. The number of carbonyl (C=O) groups excluding carboxylic acids is 1. The Hall–Kier alpha value is -3.66. The largest absolute Gasteiger partial charge is 0.497 e. The van der Waals surface area contributed by atoms with E-state index in [4.69, 9.17) is 4.74 Å². The van der Waals surface area contributed by atoms with Crippen molar-refractivity contribution in [2.75, 3.05) is 7.11 Å². The molecule has 0 aliphatic rings. The highest BCUT2D eigenvalue weighted by molar-refractivity contribution is 6.05. The smallest absolute Gasteiger partial charge is 0.271 e. The Morgan fingerprint density at radius 1 is 0.857 bits per heavy atom. The number of hydrogen-bond acceptors (Lipinski definition) is 3. The van der Waals surface area contributed by atoms with Crippen LogP contribution in [0.5, 0.6) is 5.75 Å². The summed E-state index contributed by atoms with van der Waals surface area (Å²) in [6, 6.07) is 27.0. The predicted octanol–water partition coefficient (Wildman–Crippen LogP) is 4.76. The summed E-state index contributed by atoms with van der Waals surface area (Å²) in [6.45, 7) is 0. The molecule has 0 bridgehead atoms. The number of hydrogen-bond donors (Lipinski definition) is 1. The molecule has 1 heterocycles. The molecule has 4 nitrogen and oxygen atoms in total. The Balaban J connectivity index is 1.71. The molecule has 4 rings (SSSR count). The van der Waals surface area contributed by atoms with Gasteiger partial charge in [-0.05, 0) is 34.7 Å². The van der Waals surface area contributed by atoms with Crippen molar-refractivity contribution in [2.45, 2.75) is 6.04 Å². The summed E-state index contributed by atoms with van der Waals surface area (Å²) in [5.74, 6) is 0.569. The van der Waals surface area contributed by atoms with Gasteiger partial charge in [0.25, 0.3) is 5.91 Å². The molecule has 0 spiro atoms. The lowest BCUT2D eigenvalue weighted by atomic mass is 9.98. The molecule has 1 aromatic heterocycles.